The van der Waals surface area contributed by atoms with Crippen molar-refractivity contribution in [1.29, 1.82) is 0 Å². The van der Waals surface area contributed by atoms with E-state index in [2.05, 4.69) is 34.2 Å². The number of urea groups is 1. The number of nitrogens with one attached hydrogen (secondary N) is 1. The third-order valence-electron chi connectivity index (χ3n) is 6.40. The molecule has 31 heavy (non-hydrogen) atoms. The SMILES string of the molecule is CC1CN(c2ccccc2)C2NC3C(C(=O)N(Cc4cccc(Cl)c4)C(=O)N3C)N2C1. The number of anilines is 1. The maximum atomic E-state index is 13.6. The van der Waals surface area contributed by atoms with E-state index in [9.17, 15) is 9.59 Å². The Balaban J connectivity index is 1.46. The predicted molar refractivity (Wildman–Crippen MR) is 119 cm³/mol. The summed E-state index contributed by atoms with van der Waals surface area (Å²) in [6.07, 6.45) is -0.504. The van der Waals surface area contributed by atoms with E-state index < -0.39 is 6.04 Å². The summed E-state index contributed by atoms with van der Waals surface area (Å²) in [7, 11) is 1.76. The minimum atomic E-state index is -0.430. The second-order valence-electron chi connectivity index (χ2n) is 8.67. The van der Waals surface area contributed by atoms with Gasteiger partial charge >= 0.3 is 6.03 Å². The number of hydrogen-bond acceptors (Lipinski definition) is 5. The highest BCUT2D eigenvalue weighted by molar-refractivity contribution is 6.30. The second-order valence-corrected chi connectivity index (χ2v) is 9.10. The summed E-state index contributed by atoms with van der Waals surface area (Å²) in [6.45, 7) is 4.09. The van der Waals surface area contributed by atoms with Crippen molar-refractivity contribution in [3.8, 4) is 0 Å². The number of para-hydroxylation sites is 1. The van der Waals surface area contributed by atoms with E-state index in [-0.39, 0.29) is 30.9 Å². The van der Waals surface area contributed by atoms with E-state index in [0.717, 1.165) is 24.3 Å². The average Bonchev–Trinajstić information content (AvgIpc) is 3.15. The maximum absolute atomic E-state index is 13.6. The first kappa shape index (κ1) is 20.3. The maximum Gasteiger partial charge on any atom is 0.328 e. The Bertz CT molecular complexity index is 1000. The molecule has 2 aromatic carbocycles. The summed E-state index contributed by atoms with van der Waals surface area (Å²) < 4.78 is 0. The first-order valence-corrected chi connectivity index (χ1v) is 11.0. The number of imide groups is 1. The fourth-order valence-electron chi connectivity index (χ4n) is 5.00. The molecule has 1 N–H and O–H groups in total. The molecule has 5 rings (SSSR count). The summed E-state index contributed by atoms with van der Waals surface area (Å²) >= 11 is 6.11. The highest BCUT2D eigenvalue weighted by Gasteiger charge is 2.56. The molecule has 3 aliphatic rings. The van der Waals surface area contributed by atoms with Crippen LogP contribution < -0.4 is 10.2 Å². The molecule has 4 atom stereocenters. The number of amides is 3. The van der Waals surface area contributed by atoms with Crippen molar-refractivity contribution in [3.05, 3.63) is 65.2 Å². The van der Waals surface area contributed by atoms with Gasteiger partial charge in [-0.05, 0) is 35.7 Å². The summed E-state index contributed by atoms with van der Waals surface area (Å²) in [5.74, 6) is 0.222. The zero-order valence-electron chi connectivity index (χ0n) is 17.6. The largest absolute Gasteiger partial charge is 0.343 e. The molecule has 0 bridgehead atoms. The third-order valence-corrected chi connectivity index (χ3v) is 6.64. The van der Waals surface area contributed by atoms with E-state index in [1.54, 1.807) is 24.1 Å². The Hall–Kier alpha value is -2.61. The first-order valence-electron chi connectivity index (χ1n) is 10.6. The number of hydrogen-bond donors (Lipinski definition) is 1. The fraction of sp³-hybridized carbons (Fsp3) is 0.391. The summed E-state index contributed by atoms with van der Waals surface area (Å²) in [5, 5.41) is 4.15. The van der Waals surface area contributed by atoms with Crippen LogP contribution in [0.25, 0.3) is 0 Å². The predicted octanol–water partition coefficient (Wildman–Crippen LogP) is 2.77. The molecule has 3 amide bonds. The highest BCUT2D eigenvalue weighted by atomic mass is 35.5. The molecule has 3 aliphatic heterocycles. The zero-order chi connectivity index (χ0) is 21.7. The van der Waals surface area contributed by atoms with Gasteiger partial charge in [-0.25, -0.2) is 4.79 Å². The van der Waals surface area contributed by atoms with Gasteiger partial charge in [0.15, 0.2) is 0 Å². The molecule has 4 unspecified atom stereocenters. The fourth-order valence-corrected chi connectivity index (χ4v) is 5.22. The number of nitrogens with zero attached hydrogens (tertiary/aromatic N) is 4. The van der Waals surface area contributed by atoms with Gasteiger partial charge in [0.25, 0.3) is 5.91 Å². The molecule has 0 aliphatic carbocycles. The van der Waals surface area contributed by atoms with Gasteiger partial charge < -0.3 is 9.80 Å². The topological polar surface area (TPSA) is 59.1 Å². The Morgan fingerprint density at radius 2 is 1.84 bits per heavy atom. The van der Waals surface area contributed by atoms with Crippen molar-refractivity contribution < 1.29 is 9.59 Å². The Kier molecular flexibility index (Phi) is 5.12. The third kappa shape index (κ3) is 3.46. The van der Waals surface area contributed by atoms with Crippen molar-refractivity contribution in [2.75, 3.05) is 25.0 Å². The van der Waals surface area contributed by atoms with Gasteiger partial charge in [0.05, 0.1) is 6.54 Å². The van der Waals surface area contributed by atoms with E-state index >= 15 is 0 Å². The van der Waals surface area contributed by atoms with Gasteiger partial charge in [-0.2, -0.15) is 0 Å². The normalized spacial score (nSPS) is 28.7. The van der Waals surface area contributed by atoms with Crippen LogP contribution in [0.15, 0.2) is 54.6 Å². The molecule has 3 saturated heterocycles. The lowest BCUT2D eigenvalue weighted by Gasteiger charge is -2.46. The number of rotatable bonds is 3. The Labute approximate surface area is 187 Å². The molecule has 3 heterocycles. The molecule has 0 saturated carbocycles. The van der Waals surface area contributed by atoms with E-state index in [4.69, 9.17) is 11.6 Å². The molecule has 0 aromatic heterocycles. The highest BCUT2D eigenvalue weighted by Crippen LogP contribution is 2.34. The molecule has 3 fully saturated rings. The lowest BCUT2D eigenvalue weighted by Crippen LogP contribution is -2.66. The molecule has 0 radical (unpaired) electrons. The number of fused-ring (bicyclic) bond motifs is 3. The number of carbonyl (C=O) groups is 2. The molecule has 0 spiro atoms. The summed E-state index contributed by atoms with van der Waals surface area (Å²) in [4.78, 5) is 34.2. The summed E-state index contributed by atoms with van der Waals surface area (Å²) in [6, 6.07) is 16.8. The number of likely N-dealkylation sites (N-methyl/N-ethyl adjacent to an activating group) is 1. The standard InChI is InChI=1S/C23H26ClN5O2/c1-15-12-27(18-9-4-3-5-10-18)22-25-20-19(28(22)13-15)21(30)29(23(31)26(20)2)14-16-7-6-8-17(24)11-16/h3-11,15,19-20,22,25H,12-14H2,1-2H3. The minimum Gasteiger partial charge on any atom is -0.343 e. The molecule has 8 heteroatoms. The van der Waals surface area contributed by atoms with Crippen molar-refractivity contribution in [2.24, 2.45) is 5.92 Å². The quantitative estimate of drug-likeness (QED) is 0.797. The van der Waals surface area contributed by atoms with Crippen LogP contribution in [-0.2, 0) is 11.3 Å². The van der Waals surface area contributed by atoms with Crippen LogP contribution in [0.1, 0.15) is 12.5 Å². The zero-order valence-corrected chi connectivity index (χ0v) is 18.4. The molecular weight excluding hydrogens is 414 g/mol. The summed E-state index contributed by atoms with van der Waals surface area (Å²) in [5.41, 5.74) is 1.94. The Morgan fingerprint density at radius 1 is 1.06 bits per heavy atom. The monoisotopic (exact) mass is 439 g/mol. The number of carbonyl (C=O) groups excluding carboxylic acids is 2. The smallest absolute Gasteiger partial charge is 0.328 e. The van der Waals surface area contributed by atoms with Gasteiger partial charge in [-0.1, -0.05) is 48.9 Å². The number of halogens is 1. The molecule has 7 nitrogen and oxygen atoms in total. The van der Waals surface area contributed by atoms with Gasteiger partial charge in [0, 0.05) is 30.8 Å². The minimum absolute atomic E-state index is 0.140. The molecular formula is C23H26ClN5O2. The van der Waals surface area contributed by atoms with Gasteiger partial charge in [-0.3, -0.25) is 19.9 Å². The van der Waals surface area contributed by atoms with Crippen molar-refractivity contribution in [3.63, 3.8) is 0 Å². The molecule has 162 valence electrons. The van der Waals surface area contributed by atoms with Crippen LogP contribution in [0, 0.1) is 5.92 Å². The van der Waals surface area contributed by atoms with Crippen LogP contribution >= 0.6 is 11.6 Å². The van der Waals surface area contributed by atoms with E-state index in [0.29, 0.717) is 10.9 Å². The van der Waals surface area contributed by atoms with Crippen LogP contribution in [0.3, 0.4) is 0 Å². The van der Waals surface area contributed by atoms with Gasteiger partial charge in [-0.15, -0.1) is 0 Å². The molecule has 2 aromatic rings. The average molecular weight is 440 g/mol. The second kappa shape index (κ2) is 7.82. The first-order chi connectivity index (χ1) is 14.9. The van der Waals surface area contributed by atoms with Crippen molar-refractivity contribution in [2.45, 2.75) is 32.0 Å². The lowest BCUT2D eigenvalue weighted by molar-refractivity contribution is -0.139. The van der Waals surface area contributed by atoms with Crippen molar-refractivity contribution >= 4 is 29.2 Å². The van der Waals surface area contributed by atoms with Gasteiger partial charge in [0.2, 0.25) is 0 Å². The van der Waals surface area contributed by atoms with E-state index in [1.807, 2.05) is 30.3 Å². The lowest BCUT2D eigenvalue weighted by atomic mass is 10.0. The number of benzene rings is 2. The van der Waals surface area contributed by atoms with Crippen LogP contribution in [0.4, 0.5) is 10.5 Å². The van der Waals surface area contributed by atoms with Crippen LogP contribution in [0.5, 0.6) is 0 Å². The van der Waals surface area contributed by atoms with E-state index in [1.165, 1.54) is 4.90 Å². The van der Waals surface area contributed by atoms with Crippen LogP contribution in [-0.4, -0.2) is 65.3 Å². The van der Waals surface area contributed by atoms with Crippen LogP contribution in [0.2, 0.25) is 5.02 Å². The Morgan fingerprint density at radius 3 is 2.58 bits per heavy atom. The van der Waals surface area contributed by atoms with Gasteiger partial charge in [0.1, 0.15) is 18.5 Å². The van der Waals surface area contributed by atoms with Crippen molar-refractivity contribution in [1.82, 2.24) is 20.0 Å².